The van der Waals surface area contributed by atoms with E-state index >= 15 is 0 Å². The van der Waals surface area contributed by atoms with Gasteiger partial charge in [-0.15, -0.1) is 0 Å². The summed E-state index contributed by atoms with van der Waals surface area (Å²) in [7, 11) is 0. The Balaban J connectivity index is 1.76. The van der Waals surface area contributed by atoms with Gasteiger partial charge in [-0.25, -0.2) is 4.39 Å². The first kappa shape index (κ1) is 13.5. The molecule has 0 saturated carbocycles. The molecule has 4 heteroatoms. The van der Waals surface area contributed by atoms with Crippen molar-refractivity contribution in [2.45, 2.75) is 25.6 Å². The first-order chi connectivity index (χ1) is 8.66. The molecule has 0 spiro atoms. The molecule has 1 fully saturated rings. The number of nitrogens with one attached hydrogen (secondary N) is 1. The van der Waals surface area contributed by atoms with E-state index in [1.165, 1.54) is 12.1 Å². The van der Waals surface area contributed by atoms with Crippen LogP contribution in [0.2, 0.25) is 0 Å². The molecule has 1 aromatic rings. The third kappa shape index (κ3) is 3.51. The Labute approximate surface area is 107 Å². The van der Waals surface area contributed by atoms with Gasteiger partial charge in [0, 0.05) is 19.7 Å². The van der Waals surface area contributed by atoms with Crippen molar-refractivity contribution in [1.82, 2.24) is 5.32 Å². The molecule has 3 nitrogen and oxygen atoms in total. The topological polar surface area (TPSA) is 41.5 Å². The summed E-state index contributed by atoms with van der Waals surface area (Å²) < 4.78 is 18.5. The fourth-order valence-corrected chi connectivity index (χ4v) is 2.28. The second kappa shape index (κ2) is 6.27. The number of hydrogen-bond donors (Lipinski definition) is 2. The van der Waals surface area contributed by atoms with Crippen molar-refractivity contribution in [2.24, 2.45) is 5.92 Å². The minimum atomic E-state index is -0.668. The predicted molar refractivity (Wildman–Crippen MR) is 67.8 cm³/mol. The van der Waals surface area contributed by atoms with Crippen molar-refractivity contribution >= 4 is 0 Å². The molecule has 100 valence electrons. The van der Waals surface area contributed by atoms with E-state index in [1.807, 2.05) is 0 Å². The van der Waals surface area contributed by atoms with Crippen molar-refractivity contribution in [2.75, 3.05) is 19.7 Å². The van der Waals surface area contributed by atoms with Gasteiger partial charge in [-0.05, 0) is 37.0 Å². The Morgan fingerprint density at radius 1 is 1.56 bits per heavy atom. The molecular formula is C14H20FNO2. The number of rotatable bonds is 5. The monoisotopic (exact) mass is 253 g/mol. The molecule has 3 unspecified atom stereocenters. The number of aliphatic hydroxyl groups excluding tert-OH is 1. The van der Waals surface area contributed by atoms with Crippen LogP contribution in [-0.4, -0.2) is 30.9 Å². The van der Waals surface area contributed by atoms with Crippen molar-refractivity contribution in [3.63, 3.8) is 0 Å². The summed E-state index contributed by atoms with van der Waals surface area (Å²) in [4.78, 5) is 0. The normalized spacial score (nSPS) is 25.3. The Bertz CT molecular complexity index is 386. The van der Waals surface area contributed by atoms with Gasteiger partial charge in [-0.3, -0.25) is 0 Å². The van der Waals surface area contributed by atoms with Crippen LogP contribution in [-0.2, 0) is 4.74 Å². The maximum Gasteiger partial charge on any atom is 0.123 e. The number of halogens is 1. The van der Waals surface area contributed by atoms with E-state index in [0.29, 0.717) is 18.0 Å². The molecule has 1 saturated heterocycles. The zero-order chi connectivity index (χ0) is 13.0. The highest BCUT2D eigenvalue weighted by Gasteiger charge is 2.23. The molecule has 0 amide bonds. The molecule has 1 aromatic carbocycles. The van der Waals surface area contributed by atoms with Gasteiger partial charge in [0.25, 0.3) is 0 Å². The molecular weight excluding hydrogens is 233 g/mol. The lowest BCUT2D eigenvalue weighted by Gasteiger charge is -2.17. The molecule has 0 bridgehead atoms. The van der Waals surface area contributed by atoms with Crippen LogP contribution < -0.4 is 5.32 Å². The average molecular weight is 253 g/mol. The molecule has 1 heterocycles. The van der Waals surface area contributed by atoms with E-state index in [2.05, 4.69) is 12.2 Å². The van der Waals surface area contributed by atoms with Gasteiger partial charge in [-0.2, -0.15) is 0 Å². The molecule has 2 N–H and O–H groups in total. The highest BCUT2D eigenvalue weighted by atomic mass is 19.1. The Hall–Kier alpha value is -0.970. The first-order valence-corrected chi connectivity index (χ1v) is 6.42. The summed E-state index contributed by atoms with van der Waals surface area (Å²) in [5, 5.41) is 13.1. The lowest BCUT2D eigenvalue weighted by Crippen LogP contribution is -2.30. The third-order valence-electron chi connectivity index (χ3n) is 3.51. The molecule has 0 aromatic heterocycles. The van der Waals surface area contributed by atoms with Crippen LogP contribution in [0.4, 0.5) is 4.39 Å². The number of benzene rings is 1. The minimum absolute atomic E-state index is 0.281. The van der Waals surface area contributed by atoms with Gasteiger partial charge in [0.1, 0.15) is 5.82 Å². The van der Waals surface area contributed by atoms with Crippen LogP contribution in [0.15, 0.2) is 24.3 Å². The molecule has 18 heavy (non-hydrogen) atoms. The van der Waals surface area contributed by atoms with E-state index in [4.69, 9.17) is 4.74 Å². The van der Waals surface area contributed by atoms with E-state index in [0.717, 1.165) is 19.6 Å². The summed E-state index contributed by atoms with van der Waals surface area (Å²) in [6, 6.07) is 6.09. The van der Waals surface area contributed by atoms with Crippen molar-refractivity contribution in [3.8, 4) is 0 Å². The highest BCUT2D eigenvalue weighted by molar-refractivity contribution is 5.18. The molecule has 0 aliphatic carbocycles. The fourth-order valence-electron chi connectivity index (χ4n) is 2.28. The average Bonchev–Trinajstić information content (AvgIpc) is 2.75. The van der Waals surface area contributed by atoms with E-state index in [-0.39, 0.29) is 11.9 Å². The Kier molecular flexibility index (Phi) is 4.69. The van der Waals surface area contributed by atoms with Gasteiger partial charge in [0.2, 0.25) is 0 Å². The highest BCUT2D eigenvalue weighted by Crippen LogP contribution is 2.19. The lowest BCUT2D eigenvalue weighted by atomic mass is 10.0. The number of hydrogen-bond acceptors (Lipinski definition) is 3. The van der Waals surface area contributed by atoms with Crippen LogP contribution in [0.3, 0.4) is 0 Å². The molecule has 0 radical (unpaired) electrons. The second-order valence-corrected chi connectivity index (χ2v) is 4.85. The second-order valence-electron chi connectivity index (χ2n) is 4.85. The summed E-state index contributed by atoms with van der Waals surface area (Å²) >= 11 is 0. The minimum Gasteiger partial charge on any atom is -0.387 e. The standard InChI is InChI=1S/C14H20FNO2/c1-10-12(5-6-18-10)8-16-9-14(17)11-3-2-4-13(15)7-11/h2-4,7,10,12,14,16-17H,5-6,8-9H2,1H3. The van der Waals surface area contributed by atoms with Gasteiger partial charge >= 0.3 is 0 Å². The number of ether oxygens (including phenoxy) is 1. The summed E-state index contributed by atoms with van der Waals surface area (Å²) in [6.45, 7) is 4.16. The molecule has 2 rings (SSSR count). The molecule has 3 atom stereocenters. The van der Waals surface area contributed by atoms with E-state index in [9.17, 15) is 9.50 Å². The summed E-state index contributed by atoms with van der Waals surface area (Å²) in [5.41, 5.74) is 0.609. The molecule has 1 aliphatic rings. The van der Waals surface area contributed by atoms with Crippen molar-refractivity contribution in [1.29, 1.82) is 0 Å². The van der Waals surface area contributed by atoms with Crippen LogP contribution in [0.1, 0.15) is 25.0 Å². The zero-order valence-corrected chi connectivity index (χ0v) is 10.6. The Morgan fingerprint density at radius 2 is 2.39 bits per heavy atom. The van der Waals surface area contributed by atoms with Crippen LogP contribution >= 0.6 is 0 Å². The summed E-state index contributed by atoms with van der Waals surface area (Å²) in [5.74, 6) is 0.189. The zero-order valence-electron chi connectivity index (χ0n) is 10.6. The van der Waals surface area contributed by atoms with E-state index in [1.54, 1.807) is 12.1 Å². The summed E-state index contributed by atoms with van der Waals surface area (Å²) in [6.07, 6.45) is 0.673. The van der Waals surface area contributed by atoms with Crippen LogP contribution in [0.5, 0.6) is 0 Å². The quantitative estimate of drug-likeness (QED) is 0.842. The number of aliphatic hydroxyl groups is 1. The van der Waals surface area contributed by atoms with Gasteiger partial charge < -0.3 is 15.2 Å². The van der Waals surface area contributed by atoms with E-state index < -0.39 is 6.10 Å². The predicted octanol–water partition coefficient (Wildman–Crippen LogP) is 1.87. The maximum absolute atomic E-state index is 13.0. The largest absolute Gasteiger partial charge is 0.387 e. The molecule has 1 aliphatic heterocycles. The lowest BCUT2D eigenvalue weighted by molar-refractivity contribution is 0.103. The van der Waals surface area contributed by atoms with Crippen LogP contribution in [0, 0.1) is 11.7 Å². The smallest absolute Gasteiger partial charge is 0.123 e. The fraction of sp³-hybridized carbons (Fsp3) is 0.571. The third-order valence-corrected chi connectivity index (χ3v) is 3.51. The van der Waals surface area contributed by atoms with Crippen molar-refractivity contribution < 1.29 is 14.2 Å². The van der Waals surface area contributed by atoms with Crippen molar-refractivity contribution in [3.05, 3.63) is 35.6 Å². The van der Waals surface area contributed by atoms with Gasteiger partial charge in [0.15, 0.2) is 0 Å². The van der Waals surface area contributed by atoms with Gasteiger partial charge in [0.05, 0.1) is 12.2 Å². The van der Waals surface area contributed by atoms with Crippen LogP contribution in [0.25, 0.3) is 0 Å². The maximum atomic E-state index is 13.0. The first-order valence-electron chi connectivity index (χ1n) is 6.42. The van der Waals surface area contributed by atoms with Gasteiger partial charge in [-0.1, -0.05) is 12.1 Å². The Morgan fingerprint density at radius 3 is 3.06 bits per heavy atom. The SMILES string of the molecule is CC1OCCC1CNCC(O)c1cccc(F)c1.